The van der Waals surface area contributed by atoms with Gasteiger partial charge in [0, 0.05) is 13.7 Å². The molecule has 0 aliphatic rings. The third kappa shape index (κ3) is 5.01. The highest BCUT2D eigenvalue weighted by Crippen LogP contribution is 2.17. The third-order valence-electron chi connectivity index (χ3n) is 3.17. The van der Waals surface area contributed by atoms with Crippen molar-refractivity contribution in [1.29, 1.82) is 0 Å². The second-order valence-corrected chi connectivity index (χ2v) is 4.77. The van der Waals surface area contributed by atoms with E-state index in [0.717, 1.165) is 12.0 Å². The minimum Gasteiger partial charge on any atom is -0.385 e. The quantitative estimate of drug-likeness (QED) is 0.791. The Bertz CT molecular complexity index is 390. The van der Waals surface area contributed by atoms with E-state index < -0.39 is 6.04 Å². The Morgan fingerprint density at radius 2 is 2.00 bits per heavy atom. The Balaban J connectivity index is 2.61. The lowest BCUT2D eigenvalue weighted by Crippen LogP contribution is -2.42. The van der Waals surface area contributed by atoms with Gasteiger partial charge in [-0.1, -0.05) is 36.8 Å². The van der Waals surface area contributed by atoms with Crippen LogP contribution in [0.5, 0.6) is 0 Å². The van der Waals surface area contributed by atoms with Crippen LogP contribution in [0.1, 0.15) is 36.9 Å². The molecule has 0 fully saturated rings. The molecule has 2 unspecified atom stereocenters. The Kier molecular flexibility index (Phi) is 6.53. The Morgan fingerprint density at radius 3 is 2.53 bits per heavy atom. The number of amides is 1. The second-order valence-electron chi connectivity index (χ2n) is 4.77. The first-order chi connectivity index (χ1) is 9.08. The van der Waals surface area contributed by atoms with Crippen LogP contribution in [0, 0.1) is 6.92 Å². The number of benzene rings is 1. The highest BCUT2D eigenvalue weighted by Gasteiger charge is 2.17. The van der Waals surface area contributed by atoms with Crippen molar-refractivity contribution in [3.63, 3.8) is 0 Å². The maximum Gasteiger partial charge on any atom is 0.237 e. The minimum absolute atomic E-state index is 0.0155. The summed E-state index contributed by atoms with van der Waals surface area (Å²) in [6.45, 7) is 4.59. The van der Waals surface area contributed by atoms with Gasteiger partial charge in [-0.2, -0.15) is 0 Å². The lowest BCUT2D eigenvalue weighted by atomic mass is 10.0. The molecule has 0 saturated carbocycles. The number of ether oxygens (including phenoxy) is 1. The van der Waals surface area contributed by atoms with Crippen LogP contribution in [0.4, 0.5) is 0 Å². The van der Waals surface area contributed by atoms with E-state index in [9.17, 15) is 4.79 Å². The van der Waals surface area contributed by atoms with Crippen LogP contribution < -0.4 is 11.1 Å². The zero-order chi connectivity index (χ0) is 14.3. The molecule has 4 heteroatoms. The van der Waals surface area contributed by atoms with Gasteiger partial charge in [0.2, 0.25) is 5.91 Å². The molecule has 19 heavy (non-hydrogen) atoms. The predicted octanol–water partition coefficient (Wildman–Crippen LogP) is 1.93. The van der Waals surface area contributed by atoms with Gasteiger partial charge in [-0.3, -0.25) is 4.79 Å². The summed E-state index contributed by atoms with van der Waals surface area (Å²) in [6, 6.07) is 7.69. The van der Waals surface area contributed by atoms with E-state index in [2.05, 4.69) is 17.4 Å². The zero-order valence-corrected chi connectivity index (χ0v) is 12.0. The monoisotopic (exact) mass is 264 g/mol. The van der Waals surface area contributed by atoms with Gasteiger partial charge in [0.25, 0.3) is 0 Å². The molecular weight excluding hydrogens is 240 g/mol. The number of nitrogens with one attached hydrogen (secondary N) is 1. The van der Waals surface area contributed by atoms with Gasteiger partial charge in [-0.25, -0.2) is 0 Å². The summed E-state index contributed by atoms with van der Waals surface area (Å²) < 4.78 is 4.93. The first kappa shape index (κ1) is 15.7. The SMILES string of the molecule is CCC(NC(=O)C(N)CCOC)c1ccc(C)cc1. The van der Waals surface area contributed by atoms with Gasteiger partial charge in [-0.15, -0.1) is 0 Å². The Hall–Kier alpha value is -1.39. The molecule has 0 saturated heterocycles. The lowest BCUT2D eigenvalue weighted by molar-refractivity contribution is -0.123. The van der Waals surface area contributed by atoms with Crippen LogP contribution >= 0.6 is 0 Å². The van der Waals surface area contributed by atoms with Crippen molar-refractivity contribution in [1.82, 2.24) is 5.32 Å². The summed E-state index contributed by atoms with van der Waals surface area (Å²) in [5.74, 6) is -0.121. The molecule has 0 aliphatic heterocycles. The largest absolute Gasteiger partial charge is 0.385 e. The number of hydrogen-bond acceptors (Lipinski definition) is 3. The molecule has 0 aliphatic carbocycles. The molecule has 0 spiro atoms. The number of methoxy groups -OCH3 is 1. The molecule has 106 valence electrons. The number of rotatable bonds is 7. The maximum absolute atomic E-state index is 12.0. The highest BCUT2D eigenvalue weighted by molar-refractivity contribution is 5.81. The van der Waals surface area contributed by atoms with Gasteiger partial charge in [-0.05, 0) is 25.3 Å². The van der Waals surface area contributed by atoms with Gasteiger partial charge >= 0.3 is 0 Å². The number of hydrogen-bond donors (Lipinski definition) is 2. The van der Waals surface area contributed by atoms with Crippen LogP contribution in [-0.2, 0) is 9.53 Å². The Labute approximate surface area is 115 Å². The van der Waals surface area contributed by atoms with Gasteiger partial charge in [0.05, 0.1) is 12.1 Å². The van der Waals surface area contributed by atoms with Crippen molar-refractivity contribution in [2.24, 2.45) is 5.73 Å². The topological polar surface area (TPSA) is 64.4 Å². The van der Waals surface area contributed by atoms with Crippen molar-refractivity contribution in [2.75, 3.05) is 13.7 Å². The predicted molar refractivity (Wildman–Crippen MR) is 76.8 cm³/mol. The molecule has 0 bridgehead atoms. The van der Waals surface area contributed by atoms with Crippen molar-refractivity contribution in [3.05, 3.63) is 35.4 Å². The van der Waals surface area contributed by atoms with Gasteiger partial charge in [0.1, 0.15) is 0 Å². The average molecular weight is 264 g/mol. The first-order valence-electron chi connectivity index (χ1n) is 6.70. The van der Waals surface area contributed by atoms with Crippen molar-refractivity contribution in [2.45, 2.75) is 38.8 Å². The van der Waals surface area contributed by atoms with E-state index in [1.165, 1.54) is 5.56 Å². The smallest absolute Gasteiger partial charge is 0.237 e. The number of nitrogens with two attached hydrogens (primary N) is 1. The molecule has 1 amide bonds. The molecule has 0 heterocycles. The van der Waals surface area contributed by atoms with E-state index in [-0.39, 0.29) is 11.9 Å². The van der Waals surface area contributed by atoms with E-state index in [1.807, 2.05) is 26.0 Å². The summed E-state index contributed by atoms with van der Waals surface area (Å²) >= 11 is 0. The first-order valence-corrected chi connectivity index (χ1v) is 6.70. The van der Waals surface area contributed by atoms with Crippen LogP contribution in [0.15, 0.2) is 24.3 Å². The number of aryl methyl sites for hydroxylation is 1. The highest BCUT2D eigenvalue weighted by atomic mass is 16.5. The van der Waals surface area contributed by atoms with Crippen LogP contribution in [0.25, 0.3) is 0 Å². The molecule has 4 nitrogen and oxygen atoms in total. The van der Waals surface area contributed by atoms with Crippen molar-refractivity contribution in [3.8, 4) is 0 Å². The van der Waals surface area contributed by atoms with Crippen LogP contribution in [0.3, 0.4) is 0 Å². The second kappa shape index (κ2) is 7.92. The summed E-state index contributed by atoms with van der Waals surface area (Å²) in [5, 5.41) is 2.99. The molecule has 0 aromatic heterocycles. The van der Waals surface area contributed by atoms with E-state index in [4.69, 9.17) is 10.5 Å². The number of carbonyl (C=O) groups excluding carboxylic acids is 1. The van der Waals surface area contributed by atoms with Gasteiger partial charge in [0.15, 0.2) is 0 Å². The summed E-state index contributed by atoms with van der Waals surface area (Å²) in [4.78, 5) is 12.0. The van der Waals surface area contributed by atoms with Crippen LogP contribution in [-0.4, -0.2) is 25.7 Å². The normalized spacial score (nSPS) is 13.9. The van der Waals surface area contributed by atoms with E-state index >= 15 is 0 Å². The van der Waals surface area contributed by atoms with Gasteiger partial charge < -0.3 is 15.8 Å². The molecule has 2 atom stereocenters. The molecule has 1 aromatic carbocycles. The molecular formula is C15H24N2O2. The molecule has 0 radical (unpaired) electrons. The molecule has 1 aromatic rings. The maximum atomic E-state index is 12.0. The van der Waals surface area contributed by atoms with E-state index in [1.54, 1.807) is 7.11 Å². The fourth-order valence-corrected chi connectivity index (χ4v) is 1.87. The minimum atomic E-state index is -0.514. The Morgan fingerprint density at radius 1 is 1.37 bits per heavy atom. The fraction of sp³-hybridized carbons (Fsp3) is 0.533. The van der Waals surface area contributed by atoms with Crippen molar-refractivity contribution < 1.29 is 9.53 Å². The summed E-state index contributed by atoms with van der Waals surface area (Å²) in [7, 11) is 1.60. The molecule has 1 rings (SSSR count). The summed E-state index contributed by atoms with van der Waals surface area (Å²) in [5.41, 5.74) is 8.14. The third-order valence-corrected chi connectivity index (χ3v) is 3.17. The molecule has 3 N–H and O–H groups in total. The van der Waals surface area contributed by atoms with E-state index in [0.29, 0.717) is 13.0 Å². The fourth-order valence-electron chi connectivity index (χ4n) is 1.87. The standard InChI is InChI=1S/C15H24N2O2/c1-4-14(12-7-5-11(2)6-8-12)17-15(18)13(16)9-10-19-3/h5-8,13-14H,4,9-10,16H2,1-3H3,(H,17,18). The lowest BCUT2D eigenvalue weighted by Gasteiger charge is -2.20. The number of carbonyl (C=O) groups is 1. The zero-order valence-electron chi connectivity index (χ0n) is 12.0. The van der Waals surface area contributed by atoms with Crippen LogP contribution in [0.2, 0.25) is 0 Å². The average Bonchev–Trinajstić information content (AvgIpc) is 2.42. The van der Waals surface area contributed by atoms with Crippen molar-refractivity contribution >= 4 is 5.91 Å². The summed E-state index contributed by atoms with van der Waals surface area (Å²) in [6.07, 6.45) is 1.37.